The van der Waals surface area contributed by atoms with Gasteiger partial charge in [-0.3, -0.25) is 4.79 Å². The molecule has 158 valence electrons. The Balaban J connectivity index is 2.18. The summed E-state index contributed by atoms with van der Waals surface area (Å²) in [5.74, 6) is -3.21. The summed E-state index contributed by atoms with van der Waals surface area (Å²) < 4.78 is 27.6. The Labute approximate surface area is 175 Å². The average Bonchev–Trinajstić information content (AvgIpc) is 3.02. The van der Waals surface area contributed by atoms with Crippen LogP contribution >= 0.6 is 11.3 Å². The van der Waals surface area contributed by atoms with E-state index in [4.69, 9.17) is 0 Å². The maximum Gasteiger partial charge on any atom is 0.339 e. The highest BCUT2D eigenvalue weighted by molar-refractivity contribution is 7.23. The van der Waals surface area contributed by atoms with E-state index in [1.54, 1.807) is 14.1 Å². The van der Waals surface area contributed by atoms with Crippen LogP contribution in [-0.4, -0.2) is 41.0 Å². The zero-order valence-corrected chi connectivity index (χ0v) is 17.4. The fourth-order valence-corrected chi connectivity index (χ4v) is 4.48. The molecule has 30 heavy (non-hydrogen) atoms. The summed E-state index contributed by atoms with van der Waals surface area (Å²) in [4.78, 5) is 26.1. The average molecular weight is 434 g/mol. The number of hydrogen-bond donors (Lipinski definition) is 3. The standard InChI is InChI=1S/C21H20F2N2O4S/c1-10(26)13-7-16(27)14(9-25(2)3)19-17(13)18(21(28)29)20(30-19)24-8-11-4-5-12(22)6-15(11)23/h4-7,24,27H,8-9H2,1-3H3,(H,28,29). The van der Waals surface area contributed by atoms with E-state index >= 15 is 0 Å². The lowest BCUT2D eigenvalue weighted by molar-refractivity contribution is 0.0700. The maximum absolute atomic E-state index is 14.0. The maximum atomic E-state index is 14.0. The summed E-state index contributed by atoms with van der Waals surface area (Å²) in [6, 6.07) is 4.42. The van der Waals surface area contributed by atoms with Crippen molar-refractivity contribution in [1.29, 1.82) is 0 Å². The normalized spacial score (nSPS) is 11.3. The zero-order chi connectivity index (χ0) is 22.2. The van der Waals surface area contributed by atoms with Crippen LogP contribution in [0.1, 0.15) is 38.8 Å². The second-order valence-electron chi connectivity index (χ2n) is 7.12. The third-order valence-corrected chi connectivity index (χ3v) is 5.77. The van der Waals surface area contributed by atoms with Crippen LogP contribution in [0, 0.1) is 11.6 Å². The zero-order valence-electron chi connectivity index (χ0n) is 16.5. The van der Waals surface area contributed by atoms with Crippen LogP contribution in [0.15, 0.2) is 24.3 Å². The van der Waals surface area contributed by atoms with Gasteiger partial charge in [-0.1, -0.05) is 6.07 Å². The van der Waals surface area contributed by atoms with Gasteiger partial charge < -0.3 is 20.4 Å². The number of halogens is 2. The van der Waals surface area contributed by atoms with E-state index in [1.165, 1.54) is 19.1 Å². The van der Waals surface area contributed by atoms with E-state index in [1.807, 2.05) is 4.90 Å². The number of carboxylic acid groups (broad SMARTS) is 1. The van der Waals surface area contributed by atoms with E-state index in [0.717, 1.165) is 23.5 Å². The van der Waals surface area contributed by atoms with Gasteiger partial charge in [0.2, 0.25) is 0 Å². The Morgan fingerprint density at radius 2 is 1.90 bits per heavy atom. The van der Waals surface area contributed by atoms with E-state index in [-0.39, 0.29) is 45.2 Å². The van der Waals surface area contributed by atoms with Crippen molar-refractivity contribution >= 4 is 38.2 Å². The minimum atomic E-state index is -1.26. The summed E-state index contributed by atoms with van der Waals surface area (Å²) in [7, 11) is 3.60. The summed E-state index contributed by atoms with van der Waals surface area (Å²) >= 11 is 1.07. The number of fused-ring (bicyclic) bond motifs is 1. The molecule has 3 N–H and O–H groups in total. The molecule has 3 rings (SSSR count). The van der Waals surface area contributed by atoms with Gasteiger partial charge in [-0.05, 0) is 33.2 Å². The number of phenolic OH excluding ortho intramolecular Hbond substituents is 1. The van der Waals surface area contributed by atoms with Gasteiger partial charge in [0.25, 0.3) is 0 Å². The van der Waals surface area contributed by atoms with Crippen molar-refractivity contribution < 1.29 is 28.6 Å². The molecule has 6 nitrogen and oxygen atoms in total. The third-order valence-electron chi connectivity index (χ3n) is 4.56. The molecule has 0 saturated heterocycles. The number of nitrogens with one attached hydrogen (secondary N) is 1. The number of anilines is 1. The molecule has 2 aromatic carbocycles. The van der Waals surface area contributed by atoms with E-state index in [0.29, 0.717) is 16.8 Å². The van der Waals surface area contributed by atoms with Crippen molar-refractivity contribution in [3.8, 4) is 5.75 Å². The molecule has 0 spiro atoms. The van der Waals surface area contributed by atoms with Crippen LogP contribution in [0.5, 0.6) is 5.75 Å². The second-order valence-corrected chi connectivity index (χ2v) is 8.14. The first-order valence-electron chi connectivity index (χ1n) is 8.98. The summed E-state index contributed by atoms with van der Waals surface area (Å²) in [6.07, 6.45) is 0. The minimum absolute atomic E-state index is 0.0797. The lowest BCUT2D eigenvalue weighted by Crippen LogP contribution is -2.11. The van der Waals surface area contributed by atoms with Crippen molar-refractivity contribution in [2.45, 2.75) is 20.0 Å². The number of carbonyl (C=O) groups is 2. The molecule has 0 aliphatic rings. The van der Waals surface area contributed by atoms with Gasteiger partial charge in [-0.15, -0.1) is 11.3 Å². The molecule has 1 heterocycles. The number of nitrogens with zero attached hydrogens (tertiary/aromatic N) is 1. The number of Topliss-reactive ketones (excluding diaryl/α,β-unsaturated/α-hetero) is 1. The summed E-state index contributed by atoms with van der Waals surface area (Å²) in [5, 5.41) is 23.7. The van der Waals surface area contributed by atoms with Crippen LogP contribution in [0.4, 0.5) is 13.8 Å². The molecule has 3 aromatic rings. The van der Waals surface area contributed by atoms with Gasteiger partial charge in [0.15, 0.2) is 5.78 Å². The van der Waals surface area contributed by atoms with Crippen LogP contribution in [0.3, 0.4) is 0 Å². The Bertz CT molecular complexity index is 1160. The molecule has 9 heteroatoms. The third kappa shape index (κ3) is 4.12. The number of rotatable bonds is 7. The van der Waals surface area contributed by atoms with Crippen molar-refractivity contribution in [2.24, 2.45) is 0 Å². The number of ketones is 1. The number of thiophene rings is 1. The molecule has 0 bridgehead atoms. The van der Waals surface area contributed by atoms with Crippen molar-refractivity contribution in [3.63, 3.8) is 0 Å². The number of phenols is 1. The Kier molecular flexibility index (Phi) is 6.04. The first-order chi connectivity index (χ1) is 14.1. The first kappa shape index (κ1) is 21.7. The molecule has 0 unspecified atom stereocenters. The lowest BCUT2D eigenvalue weighted by atomic mass is 9.99. The predicted molar refractivity (Wildman–Crippen MR) is 112 cm³/mol. The molecular formula is C21H20F2N2O4S. The van der Waals surface area contributed by atoms with Gasteiger partial charge in [0.05, 0.1) is 0 Å². The SMILES string of the molecule is CC(=O)c1cc(O)c(CN(C)C)c2sc(NCc3ccc(F)cc3F)c(C(=O)O)c12. The van der Waals surface area contributed by atoms with E-state index in [2.05, 4.69) is 5.32 Å². The van der Waals surface area contributed by atoms with Gasteiger partial charge >= 0.3 is 5.97 Å². The summed E-state index contributed by atoms with van der Waals surface area (Å²) in [6.45, 7) is 1.54. The summed E-state index contributed by atoms with van der Waals surface area (Å²) in [5.41, 5.74) is 0.629. The van der Waals surface area contributed by atoms with Gasteiger partial charge in [-0.25, -0.2) is 13.6 Å². The van der Waals surface area contributed by atoms with Gasteiger partial charge in [-0.2, -0.15) is 0 Å². The predicted octanol–water partition coefficient (Wildman–Crippen LogP) is 4.46. The lowest BCUT2D eigenvalue weighted by Gasteiger charge is -2.14. The van der Waals surface area contributed by atoms with E-state index < -0.39 is 17.6 Å². The highest BCUT2D eigenvalue weighted by Crippen LogP contribution is 2.43. The molecule has 0 fully saturated rings. The van der Waals surface area contributed by atoms with Crippen molar-refractivity contribution in [3.05, 3.63) is 58.2 Å². The highest BCUT2D eigenvalue weighted by atomic mass is 32.1. The van der Waals surface area contributed by atoms with Crippen LogP contribution in [-0.2, 0) is 13.1 Å². The highest BCUT2D eigenvalue weighted by Gasteiger charge is 2.26. The Morgan fingerprint density at radius 3 is 2.47 bits per heavy atom. The Hall–Kier alpha value is -3.04. The Morgan fingerprint density at radius 1 is 1.20 bits per heavy atom. The van der Waals surface area contributed by atoms with Crippen LogP contribution in [0.25, 0.3) is 10.1 Å². The second kappa shape index (κ2) is 8.37. The van der Waals surface area contributed by atoms with Crippen LogP contribution in [0.2, 0.25) is 0 Å². The molecule has 0 aliphatic carbocycles. The number of carbonyl (C=O) groups excluding carboxylic acids is 1. The molecular weight excluding hydrogens is 414 g/mol. The first-order valence-corrected chi connectivity index (χ1v) is 9.79. The quantitative estimate of drug-likeness (QED) is 0.476. The molecule has 1 aromatic heterocycles. The number of hydrogen-bond acceptors (Lipinski definition) is 6. The smallest absolute Gasteiger partial charge is 0.339 e. The number of benzene rings is 2. The largest absolute Gasteiger partial charge is 0.508 e. The number of carboxylic acids is 1. The van der Waals surface area contributed by atoms with Crippen molar-refractivity contribution in [1.82, 2.24) is 4.90 Å². The fourth-order valence-electron chi connectivity index (χ4n) is 3.23. The van der Waals surface area contributed by atoms with Crippen LogP contribution < -0.4 is 5.32 Å². The van der Waals surface area contributed by atoms with Gasteiger partial charge in [0.1, 0.15) is 27.9 Å². The topological polar surface area (TPSA) is 89.9 Å². The molecule has 0 radical (unpaired) electrons. The van der Waals surface area contributed by atoms with Gasteiger partial charge in [0, 0.05) is 45.9 Å². The van der Waals surface area contributed by atoms with Crippen molar-refractivity contribution in [2.75, 3.05) is 19.4 Å². The molecule has 0 aliphatic heterocycles. The van der Waals surface area contributed by atoms with E-state index in [9.17, 15) is 28.6 Å². The molecule has 0 atom stereocenters. The number of aromatic hydroxyl groups is 1. The monoisotopic (exact) mass is 434 g/mol. The minimum Gasteiger partial charge on any atom is -0.508 e. The number of aromatic carboxylic acids is 1. The molecule has 0 saturated carbocycles. The molecule has 0 amide bonds. The fraction of sp³-hybridized carbons (Fsp3) is 0.238.